The number of ether oxygens (including phenoxy) is 1. The number of nitrogens with zero attached hydrogens (tertiary/aromatic N) is 2. The molecule has 2 amide bonds. The third kappa shape index (κ3) is 7.79. The molecule has 37 heavy (non-hydrogen) atoms. The van der Waals surface area contributed by atoms with E-state index in [9.17, 15) is 18.0 Å². The van der Waals surface area contributed by atoms with Gasteiger partial charge >= 0.3 is 0 Å². The summed E-state index contributed by atoms with van der Waals surface area (Å²) in [5.74, 6) is -0.295. The van der Waals surface area contributed by atoms with Crippen molar-refractivity contribution in [1.82, 2.24) is 14.5 Å². The number of hydrogen-bond donors (Lipinski definition) is 1. The average Bonchev–Trinajstić information content (AvgIpc) is 2.88. The second-order valence-electron chi connectivity index (χ2n) is 8.51. The number of amides is 2. The molecule has 0 aliphatic rings. The van der Waals surface area contributed by atoms with Crippen molar-refractivity contribution >= 4 is 33.4 Å². The molecule has 0 saturated carbocycles. The number of carbonyl (C=O) groups is 2. The predicted octanol–water partition coefficient (Wildman–Crippen LogP) is 3.63. The van der Waals surface area contributed by atoms with Gasteiger partial charge in [-0.05, 0) is 34.9 Å². The highest BCUT2D eigenvalue weighted by molar-refractivity contribution is 7.88. The monoisotopic (exact) mass is 543 g/mol. The summed E-state index contributed by atoms with van der Waals surface area (Å²) in [6.45, 7) is -0.189. The van der Waals surface area contributed by atoms with E-state index < -0.39 is 34.4 Å². The van der Waals surface area contributed by atoms with Crippen LogP contribution in [0, 0.1) is 0 Å². The number of sulfonamides is 1. The molecule has 0 bridgehead atoms. The molecule has 0 fully saturated rings. The van der Waals surface area contributed by atoms with Gasteiger partial charge in [-0.25, -0.2) is 8.42 Å². The van der Waals surface area contributed by atoms with Crippen molar-refractivity contribution < 1.29 is 22.7 Å². The van der Waals surface area contributed by atoms with E-state index in [1.165, 1.54) is 11.9 Å². The lowest BCUT2D eigenvalue weighted by Gasteiger charge is -2.32. The smallest absolute Gasteiger partial charge is 0.247 e. The Morgan fingerprint density at radius 2 is 1.59 bits per heavy atom. The molecule has 10 heteroatoms. The van der Waals surface area contributed by atoms with Crippen molar-refractivity contribution in [2.75, 3.05) is 27.0 Å². The third-order valence-corrected chi connectivity index (χ3v) is 7.47. The Morgan fingerprint density at radius 1 is 0.973 bits per heavy atom. The molecule has 1 atom stereocenters. The van der Waals surface area contributed by atoms with E-state index in [4.69, 9.17) is 16.3 Å². The fourth-order valence-electron chi connectivity index (χ4n) is 3.68. The van der Waals surface area contributed by atoms with Crippen LogP contribution in [0.4, 0.5) is 0 Å². The van der Waals surface area contributed by atoms with Crippen molar-refractivity contribution in [3.63, 3.8) is 0 Å². The summed E-state index contributed by atoms with van der Waals surface area (Å²) in [7, 11) is -0.737. The Kier molecular flexibility index (Phi) is 9.68. The highest BCUT2D eigenvalue weighted by Crippen LogP contribution is 2.25. The summed E-state index contributed by atoms with van der Waals surface area (Å²) in [6, 6.07) is 22.1. The number of halogens is 1. The molecule has 1 unspecified atom stereocenters. The van der Waals surface area contributed by atoms with Crippen LogP contribution in [0.25, 0.3) is 0 Å². The Balaban J connectivity index is 1.98. The first-order valence-corrected chi connectivity index (χ1v) is 13.7. The molecule has 0 radical (unpaired) electrons. The standard InChI is InChI=1S/C27H30ClN3O5S/c1-30(37(3,34)35)19-25(32)31(18-20-13-15-23(36-2)16-14-20)26(21-9-5-4-6-10-21)27(33)29-17-22-11-7-8-12-24(22)28/h4-16,26H,17-19H2,1-3H3,(H,29,33). The van der Waals surface area contributed by atoms with Gasteiger partial charge in [-0.1, -0.05) is 72.3 Å². The molecule has 0 heterocycles. The summed E-state index contributed by atoms with van der Waals surface area (Å²) in [4.78, 5) is 28.6. The topological polar surface area (TPSA) is 96.0 Å². The van der Waals surface area contributed by atoms with Gasteiger partial charge < -0.3 is 15.0 Å². The van der Waals surface area contributed by atoms with Crippen molar-refractivity contribution in [3.8, 4) is 5.75 Å². The lowest BCUT2D eigenvalue weighted by molar-refractivity contribution is -0.141. The quantitative estimate of drug-likeness (QED) is 0.398. The van der Waals surface area contributed by atoms with Crippen molar-refractivity contribution in [2.45, 2.75) is 19.1 Å². The van der Waals surface area contributed by atoms with Crippen LogP contribution >= 0.6 is 11.6 Å². The molecule has 0 aliphatic heterocycles. The lowest BCUT2D eigenvalue weighted by atomic mass is 10.0. The number of likely N-dealkylation sites (N-methyl/N-ethyl adjacent to an activating group) is 1. The highest BCUT2D eigenvalue weighted by Gasteiger charge is 2.33. The summed E-state index contributed by atoms with van der Waals surface area (Å²) < 4.78 is 30.2. The first kappa shape index (κ1) is 28.2. The summed E-state index contributed by atoms with van der Waals surface area (Å²) >= 11 is 6.26. The van der Waals surface area contributed by atoms with Crippen LogP contribution in [-0.2, 0) is 32.7 Å². The largest absolute Gasteiger partial charge is 0.497 e. The zero-order valence-electron chi connectivity index (χ0n) is 20.9. The van der Waals surface area contributed by atoms with Gasteiger partial charge in [0.25, 0.3) is 0 Å². The summed E-state index contributed by atoms with van der Waals surface area (Å²) in [5.41, 5.74) is 2.06. The molecule has 0 spiro atoms. The van der Waals surface area contributed by atoms with E-state index in [0.29, 0.717) is 16.3 Å². The van der Waals surface area contributed by atoms with E-state index in [2.05, 4.69) is 5.32 Å². The number of hydrogen-bond acceptors (Lipinski definition) is 5. The Morgan fingerprint density at radius 3 is 2.19 bits per heavy atom. The first-order chi connectivity index (χ1) is 17.6. The fourth-order valence-corrected chi connectivity index (χ4v) is 4.23. The van der Waals surface area contributed by atoms with Crippen LogP contribution < -0.4 is 10.1 Å². The van der Waals surface area contributed by atoms with Gasteiger partial charge in [0, 0.05) is 25.2 Å². The molecule has 0 saturated heterocycles. The molecule has 8 nitrogen and oxygen atoms in total. The van der Waals surface area contributed by atoms with Gasteiger partial charge in [-0.15, -0.1) is 0 Å². The number of benzene rings is 3. The Bertz CT molecular complexity index is 1320. The molecular formula is C27H30ClN3O5S. The Labute approximate surface area is 222 Å². The second-order valence-corrected chi connectivity index (χ2v) is 11.0. The van der Waals surface area contributed by atoms with Crippen LogP contribution in [0.3, 0.4) is 0 Å². The van der Waals surface area contributed by atoms with Crippen molar-refractivity contribution in [3.05, 3.63) is 101 Å². The molecule has 0 aromatic heterocycles. The van der Waals surface area contributed by atoms with Gasteiger partial charge in [0.15, 0.2) is 0 Å². The fraction of sp³-hybridized carbons (Fsp3) is 0.259. The van der Waals surface area contributed by atoms with E-state index in [1.54, 1.807) is 67.8 Å². The van der Waals surface area contributed by atoms with Crippen LogP contribution in [0.1, 0.15) is 22.7 Å². The minimum atomic E-state index is -3.62. The molecule has 3 rings (SSSR count). The second kappa shape index (κ2) is 12.7. The van der Waals surface area contributed by atoms with E-state index >= 15 is 0 Å². The van der Waals surface area contributed by atoms with Gasteiger partial charge in [0.2, 0.25) is 21.8 Å². The minimum Gasteiger partial charge on any atom is -0.497 e. The first-order valence-electron chi connectivity index (χ1n) is 11.5. The maximum atomic E-state index is 13.6. The van der Waals surface area contributed by atoms with Crippen LogP contribution in [0.2, 0.25) is 5.02 Å². The van der Waals surface area contributed by atoms with Gasteiger partial charge in [-0.2, -0.15) is 4.31 Å². The number of rotatable bonds is 11. The van der Waals surface area contributed by atoms with Crippen LogP contribution in [-0.4, -0.2) is 56.4 Å². The van der Waals surface area contributed by atoms with E-state index in [-0.39, 0.29) is 13.1 Å². The number of methoxy groups -OCH3 is 1. The highest BCUT2D eigenvalue weighted by atomic mass is 35.5. The van der Waals surface area contributed by atoms with E-state index in [0.717, 1.165) is 21.7 Å². The van der Waals surface area contributed by atoms with Crippen LogP contribution in [0.15, 0.2) is 78.9 Å². The SMILES string of the molecule is COc1ccc(CN(C(=O)CN(C)S(C)(=O)=O)C(C(=O)NCc2ccccc2Cl)c2ccccc2)cc1. The summed E-state index contributed by atoms with van der Waals surface area (Å²) in [6.07, 6.45) is 1.03. The maximum absolute atomic E-state index is 13.6. The predicted molar refractivity (Wildman–Crippen MR) is 143 cm³/mol. The molecule has 1 N–H and O–H groups in total. The average molecular weight is 544 g/mol. The minimum absolute atomic E-state index is 0.0690. The van der Waals surface area contributed by atoms with Gasteiger partial charge in [0.05, 0.1) is 19.9 Å². The van der Waals surface area contributed by atoms with Gasteiger partial charge in [-0.3, -0.25) is 9.59 Å². The molecule has 0 aliphatic carbocycles. The van der Waals surface area contributed by atoms with Crippen molar-refractivity contribution in [2.24, 2.45) is 0 Å². The van der Waals surface area contributed by atoms with Gasteiger partial charge in [0.1, 0.15) is 11.8 Å². The van der Waals surface area contributed by atoms with Crippen LogP contribution in [0.5, 0.6) is 5.75 Å². The molecular weight excluding hydrogens is 514 g/mol. The normalized spacial score (nSPS) is 12.1. The Hall–Kier alpha value is -3.40. The molecule has 3 aromatic rings. The number of nitrogens with one attached hydrogen (secondary N) is 1. The van der Waals surface area contributed by atoms with E-state index in [1.807, 2.05) is 18.2 Å². The summed E-state index contributed by atoms with van der Waals surface area (Å²) in [5, 5.41) is 3.41. The van der Waals surface area contributed by atoms with Crippen molar-refractivity contribution in [1.29, 1.82) is 0 Å². The third-order valence-electron chi connectivity index (χ3n) is 5.84. The lowest BCUT2D eigenvalue weighted by Crippen LogP contribution is -2.47. The zero-order valence-corrected chi connectivity index (χ0v) is 22.5. The molecule has 196 valence electrons. The number of carbonyl (C=O) groups excluding carboxylic acids is 2. The molecule has 3 aromatic carbocycles. The maximum Gasteiger partial charge on any atom is 0.247 e. The zero-order chi connectivity index (χ0) is 27.0.